The first-order valence-electron chi connectivity index (χ1n) is 11.1. The van der Waals surface area contributed by atoms with Gasteiger partial charge in [0, 0.05) is 29.7 Å². The lowest BCUT2D eigenvalue weighted by molar-refractivity contribution is -0.0388. The molecule has 6 rings (SSSR count). The van der Waals surface area contributed by atoms with Gasteiger partial charge in [-0.15, -0.1) is 0 Å². The summed E-state index contributed by atoms with van der Waals surface area (Å²) in [5, 5.41) is 7.04. The average molecular weight is 411 g/mol. The van der Waals surface area contributed by atoms with E-state index in [4.69, 9.17) is 4.74 Å². The molecule has 4 heteroatoms. The van der Waals surface area contributed by atoms with Crippen molar-refractivity contribution in [1.29, 1.82) is 0 Å². The number of rotatable bonds is 5. The van der Waals surface area contributed by atoms with E-state index in [1.807, 2.05) is 6.92 Å². The number of nitrogens with one attached hydrogen (secondary N) is 1. The van der Waals surface area contributed by atoms with Gasteiger partial charge in [0.15, 0.2) is 0 Å². The van der Waals surface area contributed by atoms with Crippen LogP contribution < -0.4 is 5.32 Å². The number of fused-ring (bicyclic) bond motifs is 2. The van der Waals surface area contributed by atoms with Crippen molar-refractivity contribution in [2.24, 2.45) is 5.92 Å². The van der Waals surface area contributed by atoms with Crippen molar-refractivity contribution in [2.45, 2.75) is 31.8 Å². The summed E-state index contributed by atoms with van der Waals surface area (Å²) in [5.41, 5.74) is 3.88. The molecule has 1 saturated carbocycles. The Bertz CT molecular complexity index is 1310. The molecule has 1 aliphatic carbocycles. The number of carbonyl (C=O) groups excluding carboxylic acids is 1. The molecule has 0 atom stereocenters. The van der Waals surface area contributed by atoms with Gasteiger partial charge < -0.3 is 14.6 Å². The monoisotopic (exact) mass is 410 g/mol. The Morgan fingerprint density at radius 2 is 1.87 bits per heavy atom. The van der Waals surface area contributed by atoms with Gasteiger partial charge in [0.2, 0.25) is 0 Å². The number of benzene rings is 3. The highest BCUT2D eigenvalue weighted by atomic mass is 16.5. The first kappa shape index (κ1) is 18.6. The third-order valence-corrected chi connectivity index (χ3v) is 6.93. The van der Waals surface area contributed by atoms with Crippen LogP contribution in [-0.4, -0.2) is 23.7 Å². The first-order chi connectivity index (χ1) is 15.1. The molecule has 2 heterocycles. The molecule has 1 N–H and O–H groups in total. The molecular formula is C27H26N2O2. The number of aryl methyl sites for hydroxylation is 1. The summed E-state index contributed by atoms with van der Waals surface area (Å²) < 4.78 is 7.59. The lowest BCUT2D eigenvalue weighted by Crippen LogP contribution is -2.35. The molecule has 4 aromatic rings. The summed E-state index contributed by atoms with van der Waals surface area (Å²) in [4.78, 5) is 13.5. The maximum Gasteiger partial charge on any atom is 0.252 e. The van der Waals surface area contributed by atoms with Crippen LogP contribution in [-0.2, 0) is 16.8 Å². The van der Waals surface area contributed by atoms with E-state index in [0.29, 0.717) is 5.92 Å². The summed E-state index contributed by atoms with van der Waals surface area (Å²) in [7, 11) is 0. The van der Waals surface area contributed by atoms with Crippen molar-refractivity contribution >= 4 is 27.6 Å². The minimum absolute atomic E-state index is 0.0181. The van der Waals surface area contributed by atoms with Crippen LogP contribution in [0, 0.1) is 12.8 Å². The number of nitrogens with zero attached hydrogens (tertiary/aromatic N) is 1. The molecule has 2 aliphatic rings. The van der Waals surface area contributed by atoms with E-state index in [0.717, 1.165) is 49.2 Å². The van der Waals surface area contributed by atoms with E-state index in [1.54, 1.807) is 0 Å². The molecule has 0 bridgehead atoms. The molecule has 2 fully saturated rings. The highest BCUT2D eigenvalue weighted by Gasteiger charge is 2.46. The van der Waals surface area contributed by atoms with Crippen molar-refractivity contribution in [3.05, 3.63) is 83.6 Å². The molecule has 1 aromatic heterocycles. The summed E-state index contributed by atoms with van der Waals surface area (Å²) >= 11 is 0. The van der Waals surface area contributed by atoms with Crippen molar-refractivity contribution in [3.63, 3.8) is 0 Å². The van der Waals surface area contributed by atoms with Gasteiger partial charge in [-0.05, 0) is 65.3 Å². The van der Waals surface area contributed by atoms with Gasteiger partial charge in [0.1, 0.15) is 0 Å². The second-order valence-electron chi connectivity index (χ2n) is 9.16. The molecule has 0 radical (unpaired) electrons. The Hall–Kier alpha value is -3.11. The molecule has 1 amide bonds. The van der Waals surface area contributed by atoms with Crippen LogP contribution in [0.25, 0.3) is 21.7 Å². The van der Waals surface area contributed by atoms with Crippen molar-refractivity contribution in [3.8, 4) is 0 Å². The molecule has 3 aromatic carbocycles. The highest BCUT2D eigenvalue weighted by molar-refractivity contribution is 6.00. The normalized spacial score (nSPS) is 17.6. The summed E-state index contributed by atoms with van der Waals surface area (Å²) in [6, 6.07) is 21.2. The lowest BCUT2D eigenvalue weighted by Gasteiger charge is -2.26. The Morgan fingerprint density at radius 1 is 1.06 bits per heavy atom. The van der Waals surface area contributed by atoms with Gasteiger partial charge in [0.25, 0.3) is 5.91 Å². The number of hydrogen-bond donors (Lipinski definition) is 1. The van der Waals surface area contributed by atoms with Crippen LogP contribution in [0.4, 0.5) is 0 Å². The Labute approximate surface area is 181 Å². The van der Waals surface area contributed by atoms with Crippen molar-refractivity contribution in [2.75, 3.05) is 13.2 Å². The molecule has 0 unspecified atom stereocenters. The number of amides is 1. The molecular weight excluding hydrogens is 384 g/mol. The number of aromatic nitrogens is 1. The quantitative estimate of drug-likeness (QED) is 0.493. The van der Waals surface area contributed by atoms with Crippen LogP contribution in [0.15, 0.2) is 66.9 Å². The van der Waals surface area contributed by atoms with E-state index >= 15 is 0 Å². The molecule has 1 aliphatic heterocycles. The average Bonchev–Trinajstić information content (AvgIpc) is 3.42. The third kappa shape index (κ3) is 3.14. The predicted molar refractivity (Wildman–Crippen MR) is 123 cm³/mol. The minimum atomic E-state index is -0.259. The van der Waals surface area contributed by atoms with Crippen LogP contribution in [0.3, 0.4) is 0 Å². The molecule has 1 saturated heterocycles. The van der Waals surface area contributed by atoms with Gasteiger partial charge in [-0.1, -0.05) is 42.5 Å². The van der Waals surface area contributed by atoms with Gasteiger partial charge in [0.05, 0.1) is 18.8 Å². The Balaban J connectivity index is 1.33. The van der Waals surface area contributed by atoms with E-state index < -0.39 is 0 Å². The first-order valence-corrected chi connectivity index (χ1v) is 11.1. The van der Waals surface area contributed by atoms with Gasteiger partial charge in [-0.25, -0.2) is 0 Å². The lowest BCUT2D eigenvalue weighted by atomic mass is 9.96. The van der Waals surface area contributed by atoms with Crippen LogP contribution in [0.2, 0.25) is 0 Å². The molecule has 31 heavy (non-hydrogen) atoms. The van der Waals surface area contributed by atoms with Gasteiger partial charge in [-0.3, -0.25) is 4.79 Å². The second kappa shape index (κ2) is 6.96. The Morgan fingerprint density at radius 3 is 2.65 bits per heavy atom. The zero-order valence-corrected chi connectivity index (χ0v) is 17.7. The Kier molecular flexibility index (Phi) is 4.19. The second-order valence-corrected chi connectivity index (χ2v) is 9.16. The number of carbonyl (C=O) groups is 1. The highest BCUT2D eigenvalue weighted by Crippen LogP contribution is 2.48. The fourth-order valence-corrected chi connectivity index (χ4v) is 4.94. The van der Waals surface area contributed by atoms with E-state index in [9.17, 15) is 4.79 Å². The molecule has 156 valence electrons. The zero-order chi connectivity index (χ0) is 21.0. The standard InChI is InChI=1S/C27H26N2O2/c1-18-13-21-9-12-29(15-19-16-31-17-19)25(21)14-23(18)26(30)28-27(10-11-27)24-8-4-6-20-5-2-3-7-22(20)24/h2-9,12-14,19H,10-11,15-17H2,1H3,(H,28,30). The summed E-state index contributed by atoms with van der Waals surface area (Å²) in [6.07, 6.45) is 4.08. The minimum Gasteiger partial charge on any atom is -0.381 e. The fourth-order valence-electron chi connectivity index (χ4n) is 4.94. The van der Waals surface area contributed by atoms with Crippen LogP contribution in [0.1, 0.15) is 34.3 Å². The fraction of sp³-hybridized carbons (Fsp3) is 0.296. The maximum atomic E-state index is 13.5. The van der Waals surface area contributed by atoms with Crippen LogP contribution in [0.5, 0.6) is 0 Å². The molecule has 4 nitrogen and oxygen atoms in total. The number of hydrogen-bond acceptors (Lipinski definition) is 2. The summed E-state index contributed by atoms with van der Waals surface area (Å²) in [5.74, 6) is 0.583. The van der Waals surface area contributed by atoms with Crippen LogP contribution >= 0.6 is 0 Å². The zero-order valence-electron chi connectivity index (χ0n) is 17.7. The van der Waals surface area contributed by atoms with Gasteiger partial charge >= 0.3 is 0 Å². The summed E-state index contributed by atoms with van der Waals surface area (Å²) in [6.45, 7) is 4.62. The maximum absolute atomic E-state index is 13.5. The predicted octanol–water partition coefficient (Wildman–Crippen LogP) is 5.17. The van der Waals surface area contributed by atoms with E-state index in [-0.39, 0.29) is 11.4 Å². The van der Waals surface area contributed by atoms with Gasteiger partial charge in [-0.2, -0.15) is 0 Å². The van der Waals surface area contributed by atoms with Crippen molar-refractivity contribution in [1.82, 2.24) is 9.88 Å². The number of ether oxygens (including phenoxy) is 1. The smallest absolute Gasteiger partial charge is 0.252 e. The van der Waals surface area contributed by atoms with E-state index in [1.165, 1.54) is 21.7 Å². The topological polar surface area (TPSA) is 43.3 Å². The SMILES string of the molecule is Cc1cc2ccn(CC3COC3)c2cc1C(=O)NC1(c2cccc3ccccc23)CC1. The molecule has 0 spiro atoms. The van der Waals surface area contributed by atoms with Crippen molar-refractivity contribution < 1.29 is 9.53 Å². The van der Waals surface area contributed by atoms with E-state index in [2.05, 4.69) is 76.7 Å². The third-order valence-electron chi connectivity index (χ3n) is 6.93. The largest absolute Gasteiger partial charge is 0.381 e.